The molecule has 17 heteroatoms. The van der Waals surface area contributed by atoms with Crippen molar-refractivity contribution in [2.45, 2.75) is 37.7 Å². The van der Waals surface area contributed by atoms with Crippen LogP contribution >= 0.6 is 11.6 Å². The normalized spacial score (nSPS) is 17.8. The predicted molar refractivity (Wildman–Crippen MR) is 142 cm³/mol. The predicted octanol–water partition coefficient (Wildman–Crippen LogP) is 4.87. The Hall–Kier alpha value is -3.63. The van der Waals surface area contributed by atoms with Crippen molar-refractivity contribution in [2.75, 3.05) is 44.3 Å². The molecule has 4 heterocycles. The number of piperidine rings is 1. The molecule has 1 unspecified atom stereocenters. The van der Waals surface area contributed by atoms with Crippen LogP contribution in [0.15, 0.2) is 42.6 Å². The van der Waals surface area contributed by atoms with E-state index < -0.39 is 24.3 Å². The Balaban J connectivity index is 0.000000303. The summed E-state index contributed by atoms with van der Waals surface area (Å²) >= 11 is 6.15. The third-order valence-electron chi connectivity index (χ3n) is 6.36. The molecule has 3 aromatic rings. The lowest BCUT2D eigenvalue weighted by atomic mass is 9.97. The first-order valence-corrected chi connectivity index (χ1v) is 13.3. The summed E-state index contributed by atoms with van der Waals surface area (Å²) in [6.45, 7) is 6.43. The van der Waals surface area contributed by atoms with E-state index in [1.165, 1.54) is 17.7 Å². The standard InChI is InChI=1S/C22H26ClN5O.2C2HF3O2/c23-19-5-1-3-17(13-19)14-26-8-2-4-18(15-26)22-24-21-7-6-20(16-28(21)25-22)27-9-11-29-12-10-27;2*3-2(4,5)1(6)7/h1,3,5-7,13,16,18H,2,4,8-12,14-15H2;2*(H,6,7). The number of carboxylic acid groups (broad SMARTS) is 2. The highest BCUT2D eigenvalue weighted by Crippen LogP contribution is 2.27. The minimum absolute atomic E-state index is 0.370. The molecule has 5 rings (SSSR count). The van der Waals surface area contributed by atoms with E-state index in [2.05, 4.69) is 40.3 Å². The zero-order valence-electron chi connectivity index (χ0n) is 22.5. The number of aromatic nitrogens is 3. The number of hydrogen-bond acceptors (Lipinski definition) is 7. The Bertz CT molecular complexity index is 1360. The zero-order chi connectivity index (χ0) is 31.8. The molecule has 2 fully saturated rings. The number of hydrogen-bond donors (Lipinski definition) is 2. The highest BCUT2D eigenvalue weighted by atomic mass is 35.5. The molecule has 2 aliphatic rings. The van der Waals surface area contributed by atoms with Crippen LogP contribution in [0.1, 0.15) is 30.1 Å². The van der Waals surface area contributed by atoms with Crippen LogP contribution in [0, 0.1) is 0 Å². The Kier molecular flexibility index (Phi) is 11.6. The molecule has 0 bridgehead atoms. The smallest absolute Gasteiger partial charge is 0.475 e. The second-order valence-electron chi connectivity index (χ2n) is 9.57. The van der Waals surface area contributed by atoms with E-state index in [1.54, 1.807) is 0 Å². The quantitative estimate of drug-likeness (QED) is 0.386. The van der Waals surface area contributed by atoms with Gasteiger partial charge in [0.05, 0.1) is 25.1 Å². The number of pyridine rings is 1. The maximum atomic E-state index is 10.6. The summed E-state index contributed by atoms with van der Waals surface area (Å²) in [4.78, 5) is 27.5. The van der Waals surface area contributed by atoms with E-state index in [1.807, 2.05) is 16.6 Å². The molecule has 10 nitrogen and oxygen atoms in total. The SMILES string of the molecule is Clc1cccc(CN2CCCC(c3nc4ccc(N5CCOCC5)cn4n3)C2)c1.O=C(O)C(F)(F)F.O=C(O)C(F)(F)F. The van der Waals surface area contributed by atoms with Gasteiger partial charge in [-0.2, -0.15) is 31.4 Å². The third-order valence-corrected chi connectivity index (χ3v) is 6.59. The molecule has 1 aromatic carbocycles. The van der Waals surface area contributed by atoms with Crippen LogP contribution in [0.2, 0.25) is 5.02 Å². The third kappa shape index (κ3) is 10.5. The second kappa shape index (κ2) is 14.7. The van der Waals surface area contributed by atoms with Gasteiger partial charge in [-0.1, -0.05) is 23.7 Å². The number of fused-ring (bicyclic) bond motifs is 1. The van der Waals surface area contributed by atoms with Gasteiger partial charge < -0.3 is 19.8 Å². The summed E-state index contributed by atoms with van der Waals surface area (Å²) in [5.74, 6) is -4.19. The number of alkyl halides is 6. The van der Waals surface area contributed by atoms with Crippen LogP contribution in [0.5, 0.6) is 0 Å². The fraction of sp³-hybridized carbons (Fsp3) is 0.462. The van der Waals surface area contributed by atoms with Crippen molar-refractivity contribution in [3.8, 4) is 0 Å². The van der Waals surface area contributed by atoms with E-state index in [4.69, 9.17) is 46.2 Å². The average Bonchev–Trinajstić information content (AvgIpc) is 3.37. The summed E-state index contributed by atoms with van der Waals surface area (Å²) < 4.78 is 70.9. The van der Waals surface area contributed by atoms with E-state index >= 15 is 0 Å². The molecule has 0 amide bonds. The summed E-state index contributed by atoms with van der Waals surface area (Å²) in [5.41, 5.74) is 3.36. The van der Waals surface area contributed by atoms with Gasteiger partial charge in [0.25, 0.3) is 0 Å². The molecule has 0 saturated carbocycles. The fourth-order valence-corrected chi connectivity index (χ4v) is 4.59. The maximum absolute atomic E-state index is 10.6. The van der Waals surface area contributed by atoms with Crippen molar-refractivity contribution in [3.05, 3.63) is 59.0 Å². The molecule has 2 N–H and O–H groups in total. The highest BCUT2D eigenvalue weighted by molar-refractivity contribution is 6.30. The number of carboxylic acids is 2. The fourth-order valence-electron chi connectivity index (χ4n) is 4.37. The highest BCUT2D eigenvalue weighted by Gasteiger charge is 2.38. The average molecular weight is 640 g/mol. The van der Waals surface area contributed by atoms with Gasteiger partial charge in [-0.3, -0.25) is 4.90 Å². The summed E-state index contributed by atoms with van der Waals surface area (Å²) in [7, 11) is 0. The number of ether oxygens (including phenoxy) is 1. The monoisotopic (exact) mass is 639 g/mol. The van der Waals surface area contributed by atoms with Gasteiger partial charge in [0.15, 0.2) is 11.5 Å². The lowest BCUT2D eigenvalue weighted by Crippen LogP contribution is -2.36. The number of nitrogens with zero attached hydrogens (tertiary/aromatic N) is 5. The lowest BCUT2D eigenvalue weighted by Gasteiger charge is -2.31. The molecule has 43 heavy (non-hydrogen) atoms. The number of rotatable bonds is 4. The first-order chi connectivity index (χ1) is 20.1. The molecule has 0 spiro atoms. The van der Waals surface area contributed by atoms with E-state index in [0.717, 1.165) is 68.9 Å². The Labute approximate surface area is 246 Å². The number of anilines is 1. The molecule has 1 atom stereocenters. The van der Waals surface area contributed by atoms with Crippen LogP contribution in [-0.2, 0) is 20.9 Å². The minimum Gasteiger partial charge on any atom is -0.475 e. The van der Waals surface area contributed by atoms with Gasteiger partial charge >= 0.3 is 24.3 Å². The Morgan fingerprint density at radius 2 is 1.60 bits per heavy atom. The summed E-state index contributed by atoms with van der Waals surface area (Å²) in [5, 5.41) is 19.9. The van der Waals surface area contributed by atoms with E-state index in [-0.39, 0.29) is 0 Å². The van der Waals surface area contributed by atoms with Crippen molar-refractivity contribution in [2.24, 2.45) is 0 Å². The topological polar surface area (TPSA) is 121 Å². The number of halogens is 7. The van der Waals surface area contributed by atoms with Crippen molar-refractivity contribution < 1.29 is 50.9 Å². The van der Waals surface area contributed by atoms with Gasteiger partial charge in [-0.15, -0.1) is 0 Å². The number of morpholine rings is 1. The second-order valence-corrected chi connectivity index (χ2v) is 10.0. The van der Waals surface area contributed by atoms with Crippen molar-refractivity contribution in [1.82, 2.24) is 19.5 Å². The van der Waals surface area contributed by atoms with Gasteiger partial charge in [-0.05, 0) is 49.2 Å². The number of likely N-dealkylation sites (tertiary alicyclic amines) is 1. The molecule has 0 radical (unpaired) electrons. The van der Waals surface area contributed by atoms with Crippen LogP contribution in [0.25, 0.3) is 5.65 Å². The first-order valence-electron chi connectivity index (χ1n) is 12.9. The molecule has 2 saturated heterocycles. The Morgan fingerprint density at radius 3 is 2.19 bits per heavy atom. The summed E-state index contributed by atoms with van der Waals surface area (Å²) in [6.07, 6.45) is -5.76. The molecular weight excluding hydrogens is 612 g/mol. The Morgan fingerprint density at radius 1 is 0.977 bits per heavy atom. The molecular formula is C26H28ClF6N5O5. The largest absolute Gasteiger partial charge is 0.490 e. The van der Waals surface area contributed by atoms with Crippen LogP contribution < -0.4 is 4.90 Å². The zero-order valence-corrected chi connectivity index (χ0v) is 23.2. The number of carbonyl (C=O) groups is 2. The lowest BCUT2D eigenvalue weighted by molar-refractivity contribution is -0.193. The molecule has 236 valence electrons. The first kappa shape index (κ1) is 33.9. The van der Waals surface area contributed by atoms with Crippen molar-refractivity contribution in [1.29, 1.82) is 0 Å². The molecule has 2 aromatic heterocycles. The van der Waals surface area contributed by atoms with Crippen molar-refractivity contribution >= 4 is 34.9 Å². The molecule has 0 aliphatic carbocycles. The van der Waals surface area contributed by atoms with E-state index in [0.29, 0.717) is 5.92 Å². The van der Waals surface area contributed by atoms with Gasteiger partial charge in [0.2, 0.25) is 0 Å². The van der Waals surface area contributed by atoms with Gasteiger partial charge in [0.1, 0.15) is 0 Å². The number of aliphatic carboxylic acids is 2. The van der Waals surface area contributed by atoms with E-state index in [9.17, 15) is 26.3 Å². The number of benzene rings is 1. The van der Waals surface area contributed by atoms with Crippen LogP contribution in [0.4, 0.5) is 32.0 Å². The van der Waals surface area contributed by atoms with Crippen LogP contribution in [-0.4, -0.2) is 93.4 Å². The van der Waals surface area contributed by atoms with Crippen LogP contribution in [0.3, 0.4) is 0 Å². The molecule has 2 aliphatic heterocycles. The summed E-state index contributed by atoms with van der Waals surface area (Å²) in [6, 6.07) is 12.4. The van der Waals surface area contributed by atoms with Crippen molar-refractivity contribution in [3.63, 3.8) is 0 Å². The van der Waals surface area contributed by atoms with Gasteiger partial charge in [0, 0.05) is 37.1 Å². The van der Waals surface area contributed by atoms with Gasteiger partial charge in [-0.25, -0.2) is 19.1 Å². The maximum Gasteiger partial charge on any atom is 0.490 e. The minimum atomic E-state index is -5.08.